The van der Waals surface area contributed by atoms with Crippen molar-refractivity contribution in [3.63, 3.8) is 0 Å². The Morgan fingerprint density at radius 1 is 0.694 bits per heavy atom. The summed E-state index contributed by atoms with van der Waals surface area (Å²) < 4.78 is 6.27. The van der Waals surface area contributed by atoms with E-state index in [-0.39, 0.29) is 10.8 Å². The molecule has 4 heteroatoms. The summed E-state index contributed by atoms with van der Waals surface area (Å²) in [5.74, 6) is 0.490. The fourth-order valence-corrected chi connectivity index (χ4v) is 4.69. The van der Waals surface area contributed by atoms with Gasteiger partial charge < -0.3 is 9.32 Å². The molecule has 4 nitrogen and oxygen atoms in total. The molecule has 36 heavy (non-hydrogen) atoms. The molecule has 4 aromatic carbocycles. The predicted octanol–water partition coefficient (Wildman–Crippen LogP) is 8.21. The summed E-state index contributed by atoms with van der Waals surface area (Å²) in [5, 5.41) is 1.46. The number of fused-ring (bicyclic) bond motifs is 4. The van der Waals surface area contributed by atoms with Crippen molar-refractivity contribution in [1.82, 2.24) is 4.98 Å². The minimum Gasteiger partial charge on any atom is -0.453 e. The van der Waals surface area contributed by atoms with E-state index in [0.29, 0.717) is 22.4 Å². The van der Waals surface area contributed by atoms with Crippen molar-refractivity contribution in [2.45, 2.75) is 26.2 Å². The van der Waals surface area contributed by atoms with E-state index < -0.39 is 0 Å². The summed E-state index contributed by atoms with van der Waals surface area (Å²) >= 11 is 0. The van der Waals surface area contributed by atoms with Gasteiger partial charge in [-0.1, -0.05) is 75.4 Å². The van der Waals surface area contributed by atoms with Crippen LogP contribution in [0.1, 0.15) is 26.3 Å². The molecule has 1 heterocycles. The van der Waals surface area contributed by atoms with Crippen molar-refractivity contribution in [2.24, 2.45) is 0 Å². The van der Waals surface area contributed by atoms with E-state index in [9.17, 15) is 4.79 Å². The van der Waals surface area contributed by atoms with Crippen LogP contribution in [0.3, 0.4) is 0 Å². The Morgan fingerprint density at radius 2 is 1.33 bits per heavy atom. The average molecular weight is 471 g/mol. The van der Waals surface area contributed by atoms with Crippen molar-refractivity contribution in [3.05, 3.63) is 119 Å². The summed E-state index contributed by atoms with van der Waals surface area (Å²) in [4.78, 5) is 19.8. The van der Waals surface area contributed by atoms with Gasteiger partial charge in [-0.3, -0.25) is 4.79 Å². The van der Waals surface area contributed by atoms with Gasteiger partial charge in [0.25, 0.3) is 0 Å². The molecule has 4 aromatic rings. The van der Waals surface area contributed by atoms with Gasteiger partial charge >= 0.3 is 0 Å². The number of anilines is 3. The lowest BCUT2D eigenvalue weighted by Crippen LogP contribution is -2.13. The van der Waals surface area contributed by atoms with Crippen molar-refractivity contribution in [1.29, 1.82) is 0 Å². The fourth-order valence-electron chi connectivity index (χ4n) is 4.69. The Kier molecular flexibility index (Phi) is 5.11. The number of hydrogen-bond acceptors (Lipinski definition) is 4. The largest absolute Gasteiger partial charge is 0.453 e. The molecular weight excluding hydrogens is 444 g/mol. The summed E-state index contributed by atoms with van der Waals surface area (Å²) in [5.41, 5.74) is 6.40. The van der Waals surface area contributed by atoms with Crippen LogP contribution in [-0.4, -0.2) is 4.98 Å². The second kappa shape index (κ2) is 8.35. The highest BCUT2D eigenvalue weighted by molar-refractivity contribution is 5.97. The van der Waals surface area contributed by atoms with Crippen LogP contribution in [0.15, 0.2) is 112 Å². The molecule has 6 rings (SSSR count). The maximum Gasteiger partial charge on any atom is 0.190 e. The quantitative estimate of drug-likeness (QED) is 0.193. The first kappa shape index (κ1) is 22.1. The normalized spacial score (nSPS) is 11.9. The van der Waals surface area contributed by atoms with Crippen LogP contribution in [0.4, 0.5) is 17.1 Å². The van der Waals surface area contributed by atoms with Gasteiger partial charge in [0, 0.05) is 40.0 Å². The molecule has 0 radical (unpaired) electrons. The van der Waals surface area contributed by atoms with Crippen molar-refractivity contribution >= 4 is 38.9 Å². The predicted molar refractivity (Wildman–Crippen MR) is 148 cm³/mol. The first-order chi connectivity index (χ1) is 17.4. The summed E-state index contributed by atoms with van der Waals surface area (Å²) in [6, 6.07) is 34.1. The number of hydrogen-bond donors (Lipinski definition) is 0. The highest BCUT2D eigenvalue weighted by atomic mass is 16.3. The van der Waals surface area contributed by atoms with E-state index in [1.165, 1.54) is 11.6 Å². The number of benzene rings is 5. The van der Waals surface area contributed by atoms with Gasteiger partial charge in [0.1, 0.15) is 11.2 Å². The lowest BCUT2D eigenvalue weighted by molar-refractivity contribution is 0.590. The zero-order valence-corrected chi connectivity index (χ0v) is 20.5. The SMILES string of the molecule is CC(C)(C)c1ccc(N(c2ccccc2)c2ccc3nc4c5ccccc5c(=O)cc-4oc3c2)cc1. The highest BCUT2D eigenvalue weighted by Crippen LogP contribution is 2.38. The second-order valence-electron chi connectivity index (χ2n) is 10.1. The van der Waals surface area contributed by atoms with Gasteiger partial charge in [-0.25, -0.2) is 4.98 Å². The van der Waals surface area contributed by atoms with E-state index in [0.717, 1.165) is 28.0 Å². The lowest BCUT2D eigenvalue weighted by atomic mass is 9.87. The molecule has 0 spiro atoms. The van der Waals surface area contributed by atoms with Gasteiger partial charge in [0.2, 0.25) is 0 Å². The molecule has 2 aliphatic rings. The van der Waals surface area contributed by atoms with Crippen molar-refractivity contribution < 1.29 is 4.42 Å². The van der Waals surface area contributed by atoms with E-state index >= 15 is 0 Å². The van der Waals surface area contributed by atoms with Crippen LogP contribution in [0, 0.1) is 0 Å². The summed E-state index contributed by atoms with van der Waals surface area (Å²) in [6.45, 7) is 6.65. The molecule has 0 saturated heterocycles. The zero-order chi connectivity index (χ0) is 24.9. The second-order valence-corrected chi connectivity index (χ2v) is 10.1. The fraction of sp³-hybridized carbons (Fsp3) is 0.125. The summed E-state index contributed by atoms with van der Waals surface area (Å²) in [6.07, 6.45) is 0. The smallest absolute Gasteiger partial charge is 0.190 e. The Balaban J connectivity index is 1.53. The molecule has 0 fully saturated rings. The molecule has 0 unspecified atom stereocenters. The molecular formula is C32H26N2O2. The maximum absolute atomic E-state index is 12.7. The molecule has 176 valence electrons. The van der Waals surface area contributed by atoms with E-state index in [1.54, 1.807) is 0 Å². The van der Waals surface area contributed by atoms with Gasteiger partial charge in [-0.05, 0) is 47.4 Å². The average Bonchev–Trinajstić information content (AvgIpc) is 2.88. The molecule has 0 bridgehead atoms. The van der Waals surface area contributed by atoms with Crippen LogP contribution in [0.2, 0.25) is 0 Å². The van der Waals surface area contributed by atoms with Crippen LogP contribution in [-0.2, 0) is 5.41 Å². The monoisotopic (exact) mass is 470 g/mol. The van der Waals surface area contributed by atoms with Gasteiger partial charge in [0.15, 0.2) is 16.8 Å². The van der Waals surface area contributed by atoms with Gasteiger partial charge in [-0.15, -0.1) is 0 Å². The number of aromatic nitrogens is 1. The standard InChI is InChI=1S/C32H26N2O2/c1-32(2,3)21-13-15-23(16-14-21)34(22-9-5-4-6-10-22)24-17-18-27-29(19-24)36-30-20-28(35)25-11-7-8-12-26(25)31(30)33-27/h4-20H,1-3H3. The number of nitrogens with zero attached hydrogens (tertiary/aromatic N) is 2. The third-order valence-corrected chi connectivity index (χ3v) is 6.60. The number of rotatable bonds is 3. The Labute approximate surface area is 209 Å². The Hall–Kier alpha value is -4.44. The topological polar surface area (TPSA) is 46.3 Å². The molecule has 1 aliphatic heterocycles. The zero-order valence-electron chi connectivity index (χ0n) is 20.5. The van der Waals surface area contributed by atoms with E-state index in [1.807, 2.05) is 54.6 Å². The minimum absolute atomic E-state index is 0.0657. The number of para-hydroxylation sites is 1. The minimum atomic E-state index is -0.0657. The molecule has 0 N–H and O–H groups in total. The highest BCUT2D eigenvalue weighted by Gasteiger charge is 2.19. The Bertz CT molecular complexity index is 1730. The lowest BCUT2D eigenvalue weighted by Gasteiger charge is -2.27. The van der Waals surface area contributed by atoms with E-state index in [4.69, 9.17) is 9.40 Å². The first-order valence-corrected chi connectivity index (χ1v) is 12.1. The third-order valence-electron chi connectivity index (χ3n) is 6.60. The molecule has 0 aromatic heterocycles. The maximum atomic E-state index is 12.7. The van der Waals surface area contributed by atoms with Crippen LogP contribution < -0.4 is 10.3 Å². The first-order valence-electron chi connectivity index (χ1n) is 12.1. The Morgan fingerprint density at radius 3 is 2.06 bits per heavy atom. The van der Waals surface area contributed by atoms with E-state index in [2.05, 4.69) is 68.1 Å². The molecule has 1 aliphatic carbocycles. The van der Waals surface area contributed by atoms with Crippen molar-refractivity contribution in [3.8, 4) is 11.5 Å². The van der Waals surface area contributed by atoms with Gasteiger partial charge in [0.05, 0.1) is 0 Å². The van der Waals surface area contributed by atoms with Crippen LogP contribution in [0.5, 0.6) is 0 Å². The van der Waals surface area contributed by atoms with Crippen molar-refractivity contribution in [2.75, 3.05) is 4.90 Å². The van der Waals surface area contributed by atoms with Crippen LogP contribution in [0.25, 0.3) is 33.3 Å². The molecule has 0 amide bonds. The molecule has 0 saturated carbocycles. The van der Waals surface area contributed by atoms with Gasteiger partial charge in [-0.2, -0.15) is 0 Å². The third kappa shape index (κ3) is 3.81. The summed E-state index contributed by atoms with van der Waals surface area (Å²) in [7, 11) is 0. The van der Waals surface area contributed by atoms with Crippen LogP contribution >= 0.6 is 0 Å². The molecule has 0 atom stereocenters.